The summed E-state index contributed by atoms with van der Waals surface area (Å²) in [4.78, 5) is 15.0. The molecular formula is C21H31N3O. The highest BCUT2D eigenvalue weighted by atomic mass is 16.2. The van der Waals surface area contributed by atoms with E-state index in [9.17, 15) is 4.79 Å². The molecule has 5 atom stereocenters. The van der Waals surface area contributed by atoms with Crippen molar-refractivity contribution in [1.29, 1.82) is 0 Å². The Morgan fingerprint density at radius 3 is 2.72 bits per heavy atom. The molecule has 3 aliphatic rings. The number of fused-ring (bicyclic) bond motifs is 2. The minimum atomic E-state index is -0.333. The molecule has 1 aromatic carbocycles. The Balaban J connectivity index is 1.62. The van der Waals surface area contributed by atoms with Gasteiger partial charge in [0.25, 0.3) is 0 Å². The Bertz CT molecular complexity index is 693. The van der Waals surface area contributed by atoms with Gasteiger partial charge in [0, 0.05) is 47.6 Å². The summed E-state index contributed by atoms with van der Waals surface area (Å²) in [6, 6.07) is 8.07. The van der Waals surface area contributed by atoms with Crippen LogP contribution in [0.2, 0.25) is 0 Å². The molecule has 1 aromatic rings. The van der Waals surface area contributed by atoms with Gasteiger partial charge in [0.1, 0.15) is 0 Å². The summed E-state index contributed by atoms with van der Waals surface area (Å²) in [6.45, 7) is 9.22. The molecule has 0 radical (unpaired) electrons. The molecule has 25 heavy (non-hydrogen) atoms. The number of carbonyl (C=O) groups is 1. The zero-order chi connectivity index (χ0) is 17.9. The molecule has 2 heterocycles. The van der Waals surface area contributed by atoms with Gasteiger partial charge in [0.05, 0.1) is 0 Å². The predicted octanol–water partition coefficient (Wildman–Crippen LogP) is 3.31. The molecule has 1 amide bonds. The second kappa shape index (κ2) is 5.73. The first-order valence-corrected chi connectivity index (χ1v) is 9.66. The molecule has 5 unspecified atom stereocenters. The second-order valence-corrected chi connectivity index (χ2v) is 9.35. The predicted molar refractivity (Wildman–Crippen MR) is 102 cm³/mol. The molecule has 4 rings (SSSR count). The van der Waals surface area contributed by atoms with Gasteiger partial charge in [-0.3, -0.25) is 4.79 Å². The Morgan fingerprint density at radius 2 is 2.00 bits per heavy atom. The highest BCUT2D eigenvalue weighted by Gasteiger charge is 2.46. The summed E-state index contributed by atoms with van der Waals surface area (Å²) in [5, 5.41) is 6.99. The number of benzene rings is 1. The van der Waals surface area contributed by atoms with Gasteiger partial charge < -0.3 is 15.5 Å². The van der Waals surface area contributed by atoms with Crippen LogP contribution in [0.15, 0.2) is 18.2 Å². The number of amides is 1. The highest BCUT2D eigenvalue weighted by molar-refractivity contribution is 5.81. The number of likely N-dealkylation sites (tertiary alicyclic amines) is 1. The van der Waals surface area contributed by atoms with E-state index in [-0.39, 0.29) is 17.4 Å². The lowest BCUT2D eigenvalue weighted by molar-refractivity contribution is -0.129. The van der Waals surface area contributed by atoms with Crippen LogP contribution in [0.4, 0.5) is 5.69 Å². The van der Waals surface area contributed by atoms with Gasteiger partial charge in [-0.15, -0.1) is 0 Å². The molecule has 4 heteroatoms. The van der Waals surface area contributed by atoms with E-state index in [1.54, 1.807) is 5.56 Å². The van der Waals surface area contributed by atoms with Crippen molar-refractivity contribution in [2.75, 3.05) is 18.9 Å². The van der Waals surface area contributed by atoms with E-state index in [0.29, 0.717) is 23.9 Å². The number of nitrogens with one attached hydrogen (secondary N) is 2. The standard InChI is InChI=1S/C21H31N3O/c1-12-15-10-18-16(14-7-6-8-17(22-12)19(14)15)9-13(11-24(18)5)23-20(25)21(2,3)4/h6-8,12-13,15-16,18,22H,9-11H2,1-5H3,(H,23,25). The van der Waals surface area contributed by atoms with E-state index >= 15 is 0 Å². The van der Waals surface area contributed by atoms with Crippen LogP contribution in [0.1, 0.15) is 63.5 Å². The van der Waals surface area contributed by atoms with Crippen LogP contribution in [-0.4, -0.2) is 42.5 Å². The lowest BCUT2D eigenvalue weighted by atomic mass is 9.68. The van der Waals surface area contributed by atoms with Gasteiger partial charge in [0.15, 0.2) is 0 Å². The summed E-state index contributed by atoms with van der Waals surface area (Å²) in [6.07, 6.45) is 2.27. The van der Waals surface area contributed by atoms with Crippen molar-refractivity contribution in [2.24, 2.45) is 5.41 Å². The number of rotatable bonds is 1. The average molecular weight is 341 g/mol. The minimum absolute atomic E-state index is 0.159. The zero-order valence-electron chi connectivity index (χ0n) is 16.1. The van der Waals surface area contributed by atoms with E-state index in [4.69, 9.17) is 0 Å². The zero-order valence-corrected chi connectivity index (χ0v) is 16.1. The number of carbonyl (C=O) groups excluding carboxylic acids is 1. The first kappa shape index (κ1) is 16.9. The molecule has 2 N–H and O–H groups in total. The van der Waals surface area contributed by atoms with Crippen molar-refractivity contribution in [3.63, 3.8) is 0 Å². The Kier molecular flexibility index (Phi) is 3.87. The van der Waals surface area contributed by atoms with Gasteiger partial charge in [-0.25, -0.2) is 0 Å². The third kappa shape index (κ3) is 2.75. The van der Waals surface area contributed by atoms with Crippen LogP contribution in [-0.2, 0) is 4.79 Å². The fourth-order valence-corrected chi connectivity index (χ4v) is 5.14. The van der Waals surface area contributed by atoms with E-state index in [2.05, 4.69) is 47.7 Å². The Morgan fingerprint density at radius 1 is 1.24 bits per heavy atom. The number of piperidine rings is 1. The number of nitrogens with zero attached hydrogens (tertiary/aromatic N) is 1. The third-order valence-electron chi connectivity index (χ3n) is 6.49. The topological polar surface area (TPSA) is 44.4 Å². The normalized spacial score (nSPS) is 34.0. The molecule has 0 aromatic heterocycles. The fraction of sp³-hybridized carbons (Fsp3) is 0.667. The third-order valence-corrected chi connectivity index (χ3v) is 6.49. The molecule has 1 aliphatic carbocycles. The van der Waals surface area contributed by atoms with Gasteiger partial charge in [-0.1, -0.05) is 32.9 Å². The van der Waals surface area contributed by atoms with Crippen molar-refractivity contribution in [3.05, 3.63) is 29.3 Å². The van der Waals surface area contributed by atoms with Gasteiger partial charge in [-0.2, -0.15) is 0 Å². The number of likely N-dealkylation sites (N-methyl/N-ethyl adjacent to an activating group) is 1. The number of anilines is 1. The fourth-order valence-electron chi connectivity index (χ4n) is 5.14. The van der Waals surface area contributed by atoms with E-state index in [1.807, 2.05) is 20.8 Å². The van der Waals surface area contributed by atoms with E-state index in [1.165, 1.54) is 17.7 Å². The molecule has 0 bridgehead atoms. The maximum Gasteiger partial charge on any atom is 0.225 e. The second-order valence-electron chi connectivity index (χ2n) is 9.35. The maximum absolute atomic E-state index is 12.5. The molecular weight excluding hydrogens is 310 g/mol. The number of hydrogen-bond donors (Lipinski definition) is 2. The quantitative estimate of drug-likeness (QED) is 0.824. The van der Waals surface area contributed by atoms with Crippen molar-refractivity contribution >= 4 is 11.6 Å². The van der Waals surface area contributed by atoms with Crippen molar-refractivity contribution in [1.82, 2.24) is 10.2 Å². The molecule has 4 nitrogen and oxygen atoms in total. The SMILES string of the molecule is CC1Nc2cccc3c2C1CC1C3CC(NC(=O)C(C)(C)C)CN1C. The van der Waals surface area contributed by atoms with Gasteiger partial charge in [-0.05, 0) is 44.0 Å². The van der Waals surface area contributed by atoms with Crippen molar-refractivity contribution in [3.8, 4) is 0 Å². The van der Waals surface area contributed by atoms with Crippen molar-refractivity contribution in [2.45, 2.75) is 70.5 Å². The van der Waals surface area contributed by atoms with Crippen LogP contribution in [0.25, 0.3) is 0 Å². The maximum atomic E-state index is 12.5. The number of hydrogen-bond acceptors (Lipinski definition) is 3. The van der Waals surface area contributed by atoms with Gasteiger partial charge >= 0.3 is 0 Å². The molecule has 2 aliphatic heterocycles. The highest BCUT2D eigenvalue weighted by Crippen LogP contribution is 2.51. The Hall–Kier alpha value is -1.55. The average Bonchev–Trinajstić information content (AvgIpc) is 2.85. The molecule has 136 valence electrons. The smallest absolute Gasteiger partial charge is 0.225 e. The summed E-state index contributed by atoms with van der Waals surface area (Å²) in [5.41, 5.74) is 4.06. The summed E-state index contributed by atoms with van der Waals surface area (Å²) >= 11 is 0. The molecule has 0 spiro atoms. The monoisotopic (exact) mass is 341 g/mol. The van der Waals surface area contributed by atoms with Crippen LogP contribution < -0.4 is 10.6 Å². The molecule has 0 saturated carbocycles. The van der Waals surface area contributed by atoms with E-state index < -0.39 is 0 Å². The largest absolute Gasteiger partial charge is 0.382 e. The summed E-state index contributed by atoms with van der Waals surface area (Å²) < 4.78 is 0. The van der Waals surface area contributed by atoms with Gasteiger partial charge in [0.2, 0.25) is 5.91 Å². The van der Waals surface area contributed by atoms with E-state index in [0.717, 1.165) is 13.0 Å². The molecule has 1 fully saturated rings. The first-order chi connectivity index (χ1) is 11.8. The van der Waals surface area contributed by atoms with Crippen LogP contribution >= 0.6 is 0 Å². The lowest BCUT2D eigenvalue weighted by Crippen LogP contribution is -2.56. The van der Waals surface area contributed by atoms with Crippen LogP contribution in [0.5, 0.6) is 0 Å². The minimum Gasteiger partial charge on any atom is -0.382 e. The van der Waals surface area contributed by atoms with Crippen molar-refractivity contribution < 1.29 is 4.79 Å². The van der Waals surface area contributed by atoms with Crippen LogP contribution in [0, 0.1) is 5.41 Å². The lowest BCUT2D eigenvalue weighted by Gasteiger charge is -2.48. The Labute approximate surface area is 151 Å². The molecule has 1 saturated heterocycles. The summed E-state index contributed by atoms with van der Waals surface area (Å²) in [5.74, 6) is 1.30. The summed E-state index contributed by atoms with van der Waals surface area (Å²) in [7, 11) is 2.23. The first-order valence-electron chi connectivity index (χ1n) is 9.66. The van der Waals surface area contributed by atoms with Crippen LogP contribution in [0.3, 0.4) is 0 Å².